The van der Waals surface area contributed by atoms with Crippen LogP contribution >= 0.6 is 0 Å². The summed E-state index contributed by atoms with van der Waals surface area (Å²) < 4.78 is 0. The molecule has 0 aromatic heterocycles. The molecule has 3 aromatic rings. The number of carbonyl (C=O) groups is 2. The smallest absolute Gasteiger partial charge is 0.269 e. The molecule has 0 unspecified atom stereocenters. The van der Waals surface area contributed by atoms with Crippen molar-refractivity contribution in [3.05, 3.63) is 106 Å². The van der Waals surface area contributed by atoms with E-state index in [1.807, 2.05) is 30.3 Å². The highest BCUT2D eigenvalue weighted by atomic mass is 16.6. The van der Waals surface area contributed by atoms with Crippen LogP contribution in [0.2, 0.25) is 0 Å². The third-order valence-electron chi connectivity index (χ3n) is 4.45. The fourth-order valence-electron chi connectivity index (χ4n) is 2.91. The summed E-state index contributed by atoms with van der Waals surface area (Å²) in [6.07, 6.45) is 0.115. The Morgan fingerprint density at radius 2 is 1.45 bits per heavy atom. The van der Waals surface area contributed by atoms with Crippen LogP contribution in [0.15, 0.2) is 78.9 Å². The highest BCUT2D eigenvalue weighted by Gasteiger charge is 2.18. The molecule has 0 spiro atoms. The lowest BCUT2D eigenvalue weighted by atomic mass is 9.97. The van der Waals surface area contributed by atoms with Crippen LogP contribution in [0.4, 0.5) is 11.4 Å². The van der Waals surface area contributed by atoms with Gasteiger partial charge in [-0.15, -0.1) is 0 Å². The van der Waals surface area contributed by atoms with Crippen molar-refractivity contribution >= 4 is 23.1 Å². The molecule has 0 heterocycles. The van der Waals surface area contributed by atoms with E-state index >= 15 is 0 Å². The minimum Gasteiger partial charge on any atom is -0.545 e. The van der Waals surface area contributed by atoms with E-state index in [1.54, 1.807) is 12.1 Å². The molecule has 1 atom stereocenters. The van der Waals surface area contributed by atoms with E-state index in [2.05, 4.69) is 5.32 Å². The summed E-state index contributed by atoms with van der Waals surface area (Å²) in [5, 5.41) is 24.9. The predicted octanol–water partition coefficient (Wildman–Crippen LogP) is 3.38. The maximum atomic E-state index is 12.7. The summed E-state index contributed by atoms with van der Waals surface area (Å²) in [5.74, 6) is -1.43. The summed E-state index contributed by atoms with van der Waals surface area (Å²) in [6, 6.07) is 20.6. The van der Waals surface area contributed by atoms with Crippen molar-refractivity contribution < 1.29 is 19.6 Å². The van der Waals surface area contributed by atoms with Crippen LogP contribution in [0.3, 0.4) is 0 Å². The van der Waals surface area contributed by atoms with Crippen LogP contribution in [-0.2, 0) is 0 Å². The molecule has 0 bridgehead atoms. The van der Waals surface area contributed by atoms with Gasteiger partial charge in [-0.05, 0) is 35.4 Å². The van der Waals surface area contributed by atoms with Crippen LogP contribution in [0, 0.1) is 10.1 Å². The number of anilines is 1. The first-order chi connectivity index (χ1) is 13.9. The molecule has 7 heteroatoms. The lowest BCUT2D eigenvalue weighted by molar-refractivity contribution is -0.384. The molecule has 0 aliphatic carbocycles. The molecule has 3 rings (SSSR count). The van der Waals surface area contributed by atoms with Crippen molar-refractivity contribution in [1.29, 1.82) is 0 Å². The highest BCUT2D eigenvalue weighted by molar-refractivity contribution is 5.97. The lowest BCUT2D eigenvalue weighted by Gasteiger charge is -2.20. The van der Waals surface area contributed by atoms with Gasteiger partial charge < -0.3 is 15.2 Å². The number of rotatable bonds is 8. The summed E-state index contributed by atoms with van der Waals surface area (Å²) in [7, 11) is 0. The first-order valence-corrected chi connectivity index (χ1v) is 8.84. The minimum atomic E-state index is -1.26. The topological polar surface area (TPSA) is 112 Å². The van der Waals surface area contributed by atoms with E-state index in [9.17, 15) is 24.8 Å². The zero-order valence-corrected chi connectivity index (χ0v) is 15.3. The Morgan fingerprint density at radius 1 is 0.862 bits per heavy atom. The van der Waals surface area contributed by atoms with Crippen molar-refractivity contribution in [2.75, 3.05) is 5.32 Å². The molecule has 1 N–H and O–H groups in total. The number of carbonyl (C=O) groups excluding carboxylic acids is 2. The first kappa shape index (κ1) is 19.8. The van der Waals surface area contributed by atoms with E-state index in [1.165, 1.54) is 36.4 Å². The average Bonchev–Trinajstić information content (AvgIpc) is 2.74. The Morgan fingerprint density at radius 3 is 2.00 bits per heavy atom. The second-order valence-corrected chi connectivity index (χ2v) is 6.40. The van der Waals surface area contributed by atoms with Crippen molar-refractivity contribution in [3.8, 4) is 0 Å². The fraction of sp³-hybridized carbons (Fsp3) is 0.0909. The molecule has 3 aromatic carbocycles. The molecule has 0 radical (unpaired) electrons. The molecule has 0 fully saturated rings. The Bertz CT molecular complexity index is 1020. The van der Waals surface area contributed by atoms with E-state index in [0.29, 0.717) is 11.3 Å². The van der Waals surface area contributed by atoms with Gasteiger partial charge in [0, 0.05) is 29.8 Å². The highest BCUT2D eigenvalue weighted by Crippen LogP contribution is 2.25. The molecular formula is C22H17N2O5-. The number of ketones is 1. The van der Waals surface area contributed by atoms with Crippen LogP contribution in [0.5, 0.6) is 0 Å². The summed E-state index contributed by atoms with van der Waals surface area (Å²) in [6.45, 7) is 0. The monoisotopic (exact) mass is 389 g/mol. The van der Waals surface area contributed by atoms with Crippen molar-refractivity contribution in [3.63, 3.8) is 0 Å². The fourth-order valence-corrected chi connectivity index (χ4v) is 2.91. The van der Waals surface area contributed by atoms with Crippen molar-refractivity contribution in [2.45, 2.75) is 12.5 Å². The number of nitrogens with one attached hydrogen (secondary N) is 1. The normalized spacial score (nSPS) is 11.4. The number of carboxylic acids is 1. The largest absolute Gasteiger partial charge is 0.545 e. The van der Waals surface area contributed by atoms with Gasteiger partial charge in [-0.1, -0.05) is 42.5 Å². The van der Waals surface area contributed by atoms with Crippen molar-refractivity contribution in [2.24, 2.45) is 0 Å². The van der Waals surface area contributed by atoms with Crippen LogP contribution in [0.25, 0.3) is 0 Å². The number of carboxylic acid groups (broad SMARTS) is 1. The Kier molecular flexibility index (Phi) is 5.99. The zero-order valence-electron chi connectivity index (χ0n) is 15.3. The number of Topliss-reactive ketones (excluding diaryl/α,β-unsaturated/α-hetero) is 1. The Hall–Kier alpha value is -4.00. The summed E-state index contributed by atoms with van der Waals surface area (Å²) in [5.41, 5.74) is 1.90. The van der Waals surface area contributed by atoms with E-state index in [0.717, 1.165) is 5.56 Å². The quantitative estimate of drug-likeness (QED) is 0.359. The Labute approximate surface area is 166 Å². The number of aromatic carboxylic acids is 1. The maximum Gasteiger partial charge on any atom is 0.269 e. The molecule has 0 saturated heterocycles. The van der Waals surface area contributed by atoms with Crippen LogP contribution < -0.4 is 10.4 Å². The number of non-ortho nitro benzene ring substituents is 1. The number of nitro benzene ring substituents is 1. The number of nitrogens with zero attached hydrogens (tertiary/aromatic N) is 1. The third-order valence-corrected chi connectivity index (χ3v) is 4.45. The second-order valence-electron chi connectivity index (χ2n) is 6.40. The summed E-state index contributed by atoms with van der Waals surface area (Å²) >= 11 is 0. The van der Waals surface area contributed by atoms with Crippen LogP contribution in [0.1, 0.15) is 38.7 Å². The van der Waals surface area contributed by atoms with Gasteiger partial charge in [0.05, 0.1) is 16.9 Å². The minimum absolute atomic E-state index is 0.0637. The zero-order chi connectivity index (χ0) is 20.8. The average molecular weight is 389 g/mol. The predicted molar refractivity (Wildman–Crippen MR) is 106 cm³/mol. The van der Waals surface area contributed by atoms with Gasteiger partial charge in [0.2, 0.25) is 0 Å². The number of hydrogen-bond donors (Lipinski definition) is 1. The first-order valence-electron chi connectivity index (χ1n) is 8.84. The van der Waals surface area contributed by atoms with Crippen molar-refractivity contribution in [1.82, 2.24) is 0 Å². The maximum absolute atomic E-state index is 12.7. The molecule has 29 heavy (non-hydrogen) atoms. The van der Waals surface area contributed by atoms with Gasteiger partial charge in [-0.25, -0.2) is 0 Å². The molecule has 146 valence electrons. The van der Waals surface area contributed by atoms with E-state index in [-0.39, 0.29) is 29.5 Å². The standard InChI is InChI=1S/C22H18N2O5/c25-21(16-8-12-19(13-9-16)24(28)29)14-20(15-4-2-1-3-5-15)23-18-10-6-17(7-11-18)22(26)27/h1-13,20,23H,14H2,(H,26,27)/p-1/t20-/m0/s1. The van der Waals surface area contributed by atoms with Gasteiger partial charge in [0.25, 0.3) is 5.69 Å². The second kappa shape index (κ2) is 8.79. The SMILES string of the molecule is O=C([O-])c1ccc(N[C@@H](CC(=O)c2ccc([N+](=O)[O-])cc2)c2ccccc2)cc1. The Balaban J connectivity index is 1.81. The molecular weight excluding hydrogens is 372 g/mol. The van der Waals surface area contributed by atoms with Gasteiger partial charge in [0.15, 0.2) is 5.78 Å². The van der Waals surface area contributed by atoms with Gasteiger partial charge in [-0.2, -0.15) is 0 Å². The molecule has 0 saturated carbocycles. The third kappa shape index (κ3) is 5.04. The van der Waals surface area contributed by atoms with E-state index in [4.69, 9.17) is 0 Å². The molecule has 0 aliphatic heterocycles. The van der Waals surface area contributed by atoms with Gasteiger partial charge in [0.1, 0.15) is 0 Å². The van der Waals surface area contributed by atoms with Gasteiger partial charge >= 0.3 is 0 Å². The molecule has 0 amide bonds. The van der Waals surface area contributed by atoms with Gasteiger partial charge in [-0.3, -0.25) is 14.9 Å². The van der Waals surface area contributed by atoms with E-state index < -0.39 is 10.9 Å². The molecule has 7 nitrogen and oxygen atoms in total. The number of hydrogen-bond acceptors (Lipinski definition) is 6. The molecule has 0 aliphatic rings. The lowest BCUT2D eigenvalue weighted by Crippen LogP contribution is -2.22. The number of nitro groups is 1. The summed E-state index contributed by atoms with van der Waals surface area (Å²) in [4.78, 5) is 33.9. The van der Waals surface area contributed by atoms with Crippen LogP contribution in [-0.4, -0.2) is 16.7 Å². The number of benzene rings is 3.